The molecule has 0 aliphatic carbocycles. The van der Waals surface area contributed by atoms with Crippen LogP contribution in [0.5, 0.6) is 0 Å². The molecular formula is C20H34IN3O2S. The molecule has 1 aliphatic heterocycles. The lowest BCUT2D eigenvalue weighted by molar-refractivity contribution is 0.0536. The predicted molar refractivity (Wildman–Crippen MR) is 126 cm³/mol. The molecule has 1 aromatic carbocycles. The van der Waals surface area contributed by atoms with E-state index in [0.717, 1.165) is 50.9 Å². The van der Waals surface area contributed by atoms with Crippen molar-refractivity contribution in [1.29, 1.82) is 0 Å². The molecule has 0 bridgehead atoms. The summed E-state index contributed by atoms with van der Waals surface area (Å²) in [6.45, 7) is 10.2. The van der Waals surface area contributed by atoms with Gasteiger partial charge in [0, 0.05) is 43.3 Å². The van der Waals surface area contributed by atoms with Crippen LogP contribution in [-0.4, -0.2) is 69.7 Å². The van der Waals surface area contributed by atoms with Crippen LogP contribution in [-0.2, 0) is 9.47 Å². The molecule has 1 aliphatic rings. The van der Waals surface area contributed by atoms with Crippen LogP contribution in [0.3, 0.4) is 0 Å². The molecule has 1 unspecified atom stereocenters. The number of methoxy groups -OCH3 is 1. The van der Waals surface area contributed by atoms with E-state index in [-0.39, 0.29) is 24.0 Å². The Hall–Kier alpha value is -0.510. The zero-order chi connectivity index (χ0) is 18.6. The van der Waals surface area contributed by atoms with Gasteiger partial charge in [-0.1, -0.05) is 17.7 Å². The van der Waals surface area contributed by atoms with Gasteiger partial charge in [-0.2, -0.15) is 0 Å². The monoisotopic (exact) mass is 507 g/mol. The topological polar surface area (TPSA) is 46.1 Å². The molecule has 0 amide bonds. The lowest BCUT2D eigenvalue weighted by Gasteiger charge is -2.21. The fourth-order valence-corrected chi connectivity index (χ4v) is 3.68. The summed E-state index contributed by atoms with van der Waals surface area (Å²) in [4.78, 5) is 8.50. The van der Waals surface area contributed by atoms with E-state index in [1.807, 2.05) is 11.8 Å². The second-order valence-electron chi connectivity index (χ2n) is 6.57. The molecule has 1 fully saturated rings. The molecule has 27 heavy (non-hydrogen) atoms. The summed E-state index contributed by atoms with van der Waals surface area (Å²) in [6, 6.07) is 8.69. The molecule has 0 aromatic heterocycles. The highest BCUT2D eigenvalue weighted by molar-refractivity contribution is 14.0. The highest BCUT2D eigenvalue weighted by Crippen LogP contribution is 2.19. The quantitative estimate of drug-likeness (QED) is 0.172. The van der Waals surface area contributed by atoms with Gasteiger partial charge in [-0.25, -0.2) is 0 Å². The number of nitrogens with zero attached hydrogens (tertiary/aromatic N) is 2. The zero-order valence-corrected chi connectivity index (χ0v) is 19.9. The Kier molecular flexibility index (Phi) is 13.2. The van der Waals surface area contributed by atoms with E-state index in [9.17, 15) is 0 Å². The van der Waals surface area contributed by atoms with Gasteiger partial charge >= 0.3 is 0 Å². The molecular weight excluding hydrogens is 473 g/mol. The number of likely N-dealkylation sites (tertiary alicyclic amines) is 1. The van der Waals surface area contributed by atoms with Crippen molar-refractivity contribution in [2.75, 3.05) is 58.9 Å². The summed E-state index contributed by atoms with van der Waals surface area (Å²) in [7, 11) is 1.71. The zero-order valence-electron chi connectivity index (χ0n) is 16.8. The number of aryl methyl sites for hydroxylation is 1. The molecule has 0 saturated carbocycles. The largest absolute Gasteiger partial charge is 0.382 e. The Morgan fingerprint density at radius 3 is 2.78 bits per heavy atom. The van der Waals surface area contributed by atoms with Crippen molar-refractivity contribution >= 4 is 41.7 Å². The van der Waals surface area contributed by atoms with Gasteiger partial charge in [0.05, 0.1) is 26.4 Å². The second kappa shape index (κ2) is 14.5. The standard InChI is InChI=1S/C20H33N3O2S.HI/c1-4-21-20(22-10-14-26-19-7-5-17(2)6-8-19)23-11-9-18(15-23)16-25-13-12-24-3;/h5-8,18H,4,9-16H2,1-3H3,(H,21,22);1H. The number of halogens is 1. The van der Waals surface area contributed by atoms with Gasteiger partial charge in [0.15, 0.2) is 5.96 Å². The lowest BCUT2D eigenvalue weighted by Crippen LogP contribution is -2.40. The highest BCUT2D eigenvalue weighted by Gasteiger charge is 2.24. The molecule has 7 heteroatoms. The SMILES string of the molecule is CCNC(=NCCSc1ccc(C)cc1)N1CCC(COCCOC)C1.I. The van der Waals surface area contributed by atoms with Crippen LogP contribution in [0.1, 0.15) is 18.9 Å². The van der Waals surface area contributed by atoms with Gasteiger partial charge in [-0.05, 0) is 32.4 Å². The van der Waals surface area contributed by atoms with E-state index in [0.29, 0.717) is 19.1 Å². The summed E-state index contributed by atoms with van der Waals surface area (Å²) >= 11 is 1.86. The number of ether oxygens (including phenoxy) is 2. The first-order valence-corrected chi connectivity index (χ1v) is 10.5. The van der Waals surface area contributed by atoms with Crippen LogP contribution in [0.25, 0.3) is 0 Å². The number of aliphatic imine (C=N–C) groups is 1. The van der Waals surface area contributed by atoms with E-state index >= 15 is 0 Å². The summed E-state index contributed by atoms with van der Waals surface area (Å²) in [6.07, 6.45) is 1.16. The number of benzene rings is 1. The number of nitrogens with one attached hydrogen (secondary N) is 1. The van der Waals surface area contributed by atoms with E-state index in [2.05, 4.69) is 48.3 Å². The third-order valence-electron chi connectivity index (χ3n) is 4.35. The molecule has 1 saturated heterocycles. The highest BCUT2D eigenvalue weighted by atomic mass is 127. The fourth-order valence-electron chi connectivity index (χ4n) is 2.93. The van der Waals surface area contributed by atoms with Gasteiger partial charge in [0.1, 0.15) is 0 Å². The first kappa shape index (κ1) is 24.5. The first-order valence-electron chi connectivity index (χ1n) is 9.52. The minimum atomic E-state index is 0. The molecule has 1 heterocycles. The van der Waals surface area contributed by atoms with Gasteiger partial charge in [-0.3, -0.25) is 4.99 Å². The van der Waals surface area contributed by atoms with Crippen molar-refractivity contribution in [2.24, 2.45) is 10.9 Å². The molecule has 0 spiro atoms. The molecule has 1 N–H and O–H groups in total. The van der Waals surface area contributed by atoms with Crippen LogP contribution in [0, 0.1) is 12.8 Å². The third-order valence-corrected chi connectivity index (χ3v) is 5.34. The maximum absolute atomic E-state index is 5.69. The van der Waals surface area contributed by atoms with Crippen LogP contribution >= 0.6 is 35.7 Å². The molecule has 154 valence electrons. The van der Waals surface area contributed by atoms with E-state index < -0.39 is 0 Å². The van der Waals surface area contributed by atoms with Crippen molar-refractivity contribution in [3.05, 3.63) is 29.8 Å². The molecule has 5 nitrogen and oxygen atoms in total. The van der Waals surface area contributed by atoms with Crippen molar-refractivity contribution in [2.45, 2.75) is 25.2 Å². The average Bonchev–Trinajstić information content (AvgIpc) is 3.12. The fraction of sp³-hybridized carbons (Fsp3) is 0.650. The van der Waals surface area contributed by atoms with Gasteiger partial charge in [0.25, 0.3) is 0 Å². The van der Waals surface area contributed by atoms with Crippen molar-refractivity contribution in [3.8, 4) is 0 Å². The maximum Gasteiger partial charge on any atom is 0.193 e. The number of guanidine groups is 1. The molecule has 2 rings (SSSR count). The normalized spacial score (nSPS) is 17.1. The van der Waals surface area contributed by atoms with Gasteiger partial charge < -0.3 is 19.7 Å². The number of rotatable bonds is 10. The number of hydrogen-bond donors (Lipinski definition) is 1. The number of hydrogen-bond acceptors (Lipinski definition) is 4. The maximum atomic E-state index is 5.69. The third kappa shape index (κ3) is 9.49. The van der Waals surface area contributed by atoms with Crippen molar-refractivity contribution in [3.63, 3.8) is 0 Å². The minimum absolute atomic E-state index is 0. The Bertz CT molecular complexity index is 543. The smallest absolute Gasteiger partial charge is 0.193 e. The summed E-state index contributed by atoms with van der Waals surface area (Å²) in [5.41, 5.74) is 1.30. The first-order chi connectivity index (χ1) is 12.7. The molecule has 1 atom stereocenters. The summed E-state index contributed by atoms with van der Waals surface area (Å²) in [5, 5.41) is 3.43. The van der Waals surface area contributed by atoms with Crippen LogP contribution in [0.2, 0.25) is 0 Å². The Balaban J connectivity index is 0.00000364. The van der Waals surface area contributed by atoms with Crippen molar-refractivity contribution < 1.29 is 9.47 Å². The van der Waals surface area contributed by atoms with Gasteiger partial charge in [0.2, 0.25) is 0 Å². The lowest BCUT2D eigenvalue weighted by atomic mass is 10.1. The Morgan fingerprint density at radius 1 is 1.30 bits per heavy atom. The Morgan fingerprint density at radius 2 is 2.07 bits per heavy atom. The van der Waals surface area contributed by atoms with E-state index in [4.69, 9.17) is 14.5 Å². The number of thioether (sulfide) groups is 1. The van der Waals surface area contributed by atoms with Gasteiger partial charge in [-0.15, -0.1) is 35.7 Å². The molecule has 1 aromatic rings. The van der Waals surface area contributed by atoms with Crippen LogP contribution in [0.15, 0.2) is 34.2 Å². The summed E-state index contributed by atoms with van der Waals surface area (Å²) < 4.78 is 10.7. The summed E-state index contributed by atoms with van der Waals surface area (Å²) in [5.74, 6) is 2.61. The predicted octanol–water partition coefficient (Wildman–Crippen LogP) is 3.66. The Labute approximate surface area is 185 Å². The van der Waals surface area contributed by atoms with Crippen LogP contribution in [0.4, 0.5) is 0 Å². The van der Waals surface area contributed by atoms with E-state index in [1.54, 1.807) is 7.11 Å². The van der Waals surface area contributed by atoms with Crippen molar-refractivity contribution in [1.82, 2.24) is 10.2 Å². The second-order valence-corrected chi connectivity index (χ2v) is 7.73. The van der Waals surface area contributed by atoms with E-state index in [1.165, 1.54) is 10.5 Å². The average molecular weight is 507 g/mol. The van der Waals surface area contributed by atoms with Crippen LogP contribution < -0.4 is 5.32 Å². The minimum Gasteiger partial charge on any atom is -0.382 e. The molecule has 0 radical (unpaired) electrons.